The Morgan fingerprint density at radius 3 is 1.27 bits per heavy atom. The Balaban J connectivity index is -0.0000000817. The standard InChI is InChI=1S/C3H4O5.2H3N.Pt/c4-1(2(5)6)3(7)8;;;/h1,4H,(H,5,6)(H,7,8);2*1H3;/q;;;+2/p-2. The fraction of sp³-hybridized carbons (Fsp3) is 0.333. The van der Waals surface area contributed by atoms with E-state index in [2.05, 4.69) is 0 Å². The van der Waals surface area contributed by atoms with Crippen molar-refractivity contribution in [3.8, 4) is 0 Å². The van der Waals surface area contributed by atoms with Gasteiger partial charge in [0, 0.05) is 0 Å². The van der Waals surface area contributed by atoms with Gasteiger partial charge in [0.1, 0.15) is 6.10 Å². The first-order chi connectivity index (χ1) is 3.55. The van der Waals surface area contributed by atoms with E-state index in [9.17, 15) is 19.8 Å². The normalized spacial score (nSPS) is 6.73. The minimum atomic E-state index is -2.52. The fourth-order valence-electron chi connectivity index (χ4n) is 0.0962. The van der Waals surface area contributed by atoms with Crippen LogP contribution in [0.1, 0.15) is 0 Å². The SMILES string of the molecule is N.N.O=C([O-])C(O)C(=O)[O-].[Pt+2]. The van der Waals surface area contributed by atoms with E-state index in [-0.39, 0.29) is 33.4 Å². The molecule has 11 heavy (non-hydrogen) atoms. The molecule has 0 amide bonds. The first kappa shape index (κ1) is 22.4. The van der Waals surface area contributed by atoms with Gasteiger partial charge in [-0.25, -0.2) is 0 Å². The van der Waals surface area contributed by atoms with Crippen molar-refractivity contribution >= 4 is 11.9 Å². The summed E-state index contributed by atoms with van der Waals surface area (Å²) in [6, 6.07) is 0. The molecular weight excluding hydrogens is 339 g/mol. The summed E-state index contributed by atoms with van der Waals surface area (Å²) < 4.78 is 0. The van der Waals surface area contributed by atoms with Gasteiger partial charge >= 0.3 is 21.1 Å². The Bertz CT molecular complexity index is 115. The van der Waals surface area contributed by atoms with Gasteiger partial charge in [0.05, 0.1) is 11.9 Å². The Labute approximate surface area is 76.8 Å². The van der Waals surface area contributed by atoms with Crippen LogP contribution < -0.4 is 22.5 Å². The van der Waals surface area contributed by atoms with Gasteiger partial charge in [0.2, 0.25) is 0 Å². The molecule has 8 heteroatoms. The first-order valence-corrected chi connectivity index (χ1v) is 1.65. The zero-order valence-corrected chi connectivity index (χ0v) is 7.66. The van der Waals surface area contributed by atoms with Crippen molar-refractivity contribution < 1.29 is 46.0 Å². The summed E-state index contributed by atoms with van der Waals surface area (Å²) in [6.07, 6.45) is -2.52. The number of carboxylic acids is 2. The van der Waals surface area contributed by atoms with Crippen molar-refractivity contribution in [2.24, 2.45) is 0 Å². The maximum atomic E-state index is 9.36. The molecule has 0 aliphatic heterocycles. The number of hydrogen-bond donors (Lipinski definition) is 3. The number of hydrogen-bond acceptors (Lipinski definition) is 7. The second-order valence-electron chi connectivity index (χ2n) is 1.04. The van der Waals surface area contributed by atoms with Crippen molar-refractivity contribution in [3.05, 3.63) is 0 Å². The Hall–Kier alpha value is -0.492. The minimum Gasteiger partial charge on any atom is -0.547 e. The Morgan fingerprint density at radius 2 is 1.27 bits per heavy atom. The zero-order chi connectivity index (χ0) is 6.73. The van der Waals surface area contributed by atoms with Gasteiger partial charge in [-0.3, -0.25) is 0 Å². The van der Waals surface area contributed by atoms with Crippen molar-refractivity contribution in [1.82, 2.24) is 12.3 Å². The molecule has 0 fully saturated rings. The summed E-state index contributed by atoms with van der Waals surface area (Å²) >= 11 is 0. The van der Waals surface area contributed by atoms with Crippen molar-refractivity contribution in [3.63, 3.8) is 0 Å². The second kappa shape index (κ2) is 9.51. The predicted octanol–water partition coefficient (Wildman–Crippen LogP) is -3.83. The monoisotopic (exact) mass is 347 g/mol. The molecule has 0 aromatic heterocycles. The molecule has 0 rings (SSSR count). The van der Waals surface area contributed by atoms with E-state index in [0.29, 0.717) is 0 Å². The molecule has 0 saturated carbocycles. The molecule has 0 unspecified atom stereocenters. The minimum absolute atomic E-state index is 0. The van der Waals surface area contributed by atoms with Crippen LogP contribution >= 0.6 is 0 Å². The summed E-state index contributed by atoms with van der Waals surface area (Å²) in [5, 5.41) is 26.6. The molecule has 7 nitrogen and oxygen atoms in total. The molecule has 0 bridgehead atoms. The third-order valence-electron chi connectivity index (χ3n) is 0.447. The summed E-state index contributed by atoms with van der Waals surface area (Å²) in [6.45, 7) is 0. The smallest absolute Gasteiger partial charge is 0.547 e. The molecule has 0 saturated heterocycles. The molecule has 0 spiro atoms. The van der Waals surface area contributed by atoms with E-state index >= 15 is 0 Å². The third kappa shape index (κ3) is 9.51. The number of aliphatic hydroxyl groups excluding tert-OH is 1. The van der Waals surface area contributed by atoms with E-state index < -0.39 is 18.0 Å². The van der Waals surface area contributed by atoms with Crippen LogP contribution in [-0.4, -0.2) is 23.1 Å². The van der Waals surface area contributed by atoms with Gasteiger partial charge in [-0.05, 0) is 0 Å². The number of aliphatic carboxylic acids is 2. The Morgan fingerprint density at radius 1 is 1.09 bits per heavy atom. The van der Waals surface area contributed by atoms with Crippen LogP contribution in [0.5, 0.6) is 0 Å². The summed E-state index contributed by atoms with van der Waals surface area (Å²) in [5.74, 6) is -4.13. The molecule has 0 aliphatic carbocycles. The number of carbonyl (C=O) groups is 2. The van der Waals surface area contributed by atoms with Crippen LogP contribution in [0, 0.1) is 0 Å². The third-order valence-corrected chi connectivity index (χ3v) is 0.447. The van der Waals surface area contributed by atoms with Gasteiger partial charge in [0.15, 0.2) is 0 Å². The largest absolute Gasteiger partial charge is 2.00 e. The van der Waals surface area contributed by atoms with Gasteiger partial charge in [-0.2, -0.15) is 0 Å². The average Bonchev–Trinajstić information content (AvgIpc) is 1.64. The van der Waals surface area contributed by atoms with Crippen molar-refractivity contribution in [1.29, 1.82) is 0 Å². The molecule has 0 radical (unpaired) electrons. The molecule has 0 aromatic carbocycles. The number of carboxylic acid groups (broad SMARTS) is 2. The quantitative estimate of drug-likeness (QED) is 0.429. The van der Waals surface area contributed by atoms with E-state index in [0.717, 1.165) is 0 Å². The number of rotatable bonds is 2. The van der Waals surface area contributed by atoms with E-state index in [1.807, 2.05) is 0 Å². The predicted molar refractivity (Wildman–Crippen MR) is 26.1 cm³/mol. The summed E-state index contributed by atoms with van der Waals surface area (Å²) in [4.78, 5) is 18.7. The molecule has 0 aliphatic rings. The Kier molecular flexibility index (Phi) is 19.4. The van der Waals surface area contributed by atoms with Crippen LogP contribution in [-0.2, 0) is 30.7 Å². The molecule has 70 valence electrons. The summed E-state index contributed by atoms with van der Waals surface area (Å²) in [5.41, 5.74) is 0. The zero-order valence-electron chi connectivity index (χ0n) is 5.39. The molecular formula is C3H8N2O5Pt. The van der Waals surface area contributed by atoms with E-state index in [4.69, 9.17) is 5.11 Å². The van der Waals surface area contributed by atoms with E-state index in [1.54, 1.807) is 0 Å². The van der Waals surface area contributed by atoms with E-state index in [1.165, 1.54) is 0 Å². The average molecular weight is 347 g/mol. The van der Waals surface area contributed by atoms with Crippen LogP contribution in [0.25, 0.3) is 0 Å². The van der Waals surface area contributed by atoms with Crippen molar-refractivity contribution in [2.75, 3.05) is 0 Å². The van der Waals surface area contributed by atoms with Gasteiger partial charge in [0.25, 0.3) is 0 Å². The maximum Gasteiger partial charge on any atom is 2.00 e. The fourth-order valence-corrected chi connectivity index (χ4v) is 0.0962. The van der Waals surface area contributed by atoms with Crippen LogP contribution in [0.3, 0.4) is 0 Å². The molecule has 0 atom stereocenters. The number of aliphatic hydroxyl groups is 1. The topological polar surface area (TPSA) is 170 Å². The second-order valence-corrected chi connectivity index (χ2v) is 1.04. The van der Waals surface area contributed by atoms with Gasteiger partial charge < -0.3 is 37.2 Å². The first-order valence-electron chi connectivity index (χ1n) is 1.65. The van der Waals surface area contributed by atoms with Gasteiger partial charge in [-0.1, -0.05) is 0 Å². The molecule has 7 N–H and O–H groups in total. The maximum absolute atomic E-state index is 9.36. The van der Waals surface area contributed by atoms with Crippen LogP contribution in [0.4, 0.5) is 0 Å². The summed E-state index contributed by atoms with van der Waals surface area (Å²) in [7, 11) is 0. The van der Waals surface area contributed by atoms with Crippen molar-refractivity contribution in [2.45, 2.75) is 6.10 Å². The van der Waals surface area contributed by atoms with Gasteiger partial charge in [-0.15, -0.1) is 0 Å². The number of carbonyl (C=O) groups excluding carboxylic acids is 2. The molecule has 0 aromatic rings. The molecule has 0 heterocycles. The van der Waals surface area contributed by atoms with Crippen LogP contribution in [0.2, 0.25) is 0 Å². The van der Waals surface area contributed by atoms with Crippen LogP contribution in [0.15, 0.2) is 0 Å².